The van der Waals surface area contributed by atoms with Gasteiger partial charge in [0.25, 0.3) is 0 Å². The summed E-state index contributed by atoms with van der Waals surface area (Å²) in [7, 11) is 0. The summed E-state index contributed by atoms with van der Waals surface area (Å²) in [5.41, 5.74) is 5.75. The molecule has 0 aromatic rings. The van der Waals surface area contributed by atoms with Crippen LogP contribution in [0.15, 0.2) is 0 Å². The van der Waals surface area contributed by atoms with Gasteiger partial charge in [-0.2, -0.15) is 0 Å². The van der Waals surface area contributed by atoms with E-state index in [-0.39, 0.29) is 24.6 Å². The number of rotatable bonds is 5. The van der Waals surface area contributed by atoms with Gasteiger partial charge in [-0.15, -0.1) is 0 Å². The van der Waals surface area contributed by atoms with Crippen molar-refractivity contribution in [3.63, 3.8) is 0 Å². The van der Waals surface area contributed by atoms with Crippen LogP contribution in [0.25, 0.3) is 0 Å². The Morgan fingerprint density at radius 1 is 1.24 bits per heavy atom. The SMILES string of the molecule is CCC(N)C(=O)N1CCN(C(CC)CO)CC1. The van der Waals surface area contributed by atoms with E-state index in [2.05, 4.69) is 11.8 Å². The summed E-state index contributed by atoms with van der Waals surface area (Å²) in [6, 6.07) is -0.131. The molecule has 0 bridgehead atoms. The van der Waals surface area contributed by atoms with Gasteiger partial charge in [0.05, 0.1) is 12.6 Å². The fourth-order valence-electron chi connectivity index (χ4n) is 2.22. The van der Waals surface area contributed by atoms with E-state index in [0.717, 1.165) is 32.6 Å². The molecule has 1 heterocycles. The van der Waals surface area contributed by atoms with E-state index in [1.54, 1.807) is 0 Å². The maximum atomic E-state index is 11.9. The molecule has 5 nitrogen and oxygen atoms in total. The highest BCUT2D eigenvalue weighted by Gasteiger charge is 2.26. The molecule has 2 atom stereocenters. The van der Waals surface area contributed by atoms with Gasteiger partial charge in [0.2, 0.25) is 5.91 Å². The zero-order chi connectivity index (χ0) is 12.8. The third kappa shape index (κ3) is 3.66. The van der Waals surface area contributed by atoms with Gasteiger partial charge in [0.1, 0.15) is 0 Å². The first-order valence-electron chi connectivity index (χ1n) is 6.53. The van der Waals surface area contributed by atoms with Gasteiger partial charge < -0.3 is 15.7 Å². The van der Waals surface area contributed by atoms with Crippen molar-refractivity contribution in [2.24, 2.45) is 5.73 Å². The number of piperazine rings is 1. The largest absolute Gasteiger partial charge is 0.395 e. The van der Waals surface area contributed by atoms with Gasteiger partial charge in [-0.3, -0.25) is 9.69 Å². The quantitative estimate of drug-likeness (QED) is 0.692. The second-order valence-corrected chi connectivity index (χ2v) is 4.62. The smallest absolute Gasteiger partial charge is 0.239 e. The molecule has 0 saturated carbocycles. The molecule has 1 aliphatic rings. The topological polar surface area (TPSA) is 69.8 Å². The summed E-state index contributed by atoms with van der Waals surface area (Å²) in [6.07, 6.45) is 1.63. The number of carbonyl (C=O) groups excluding carboxylic acids is 1. The van der Waals surface area contributed by atoms with Crippen LogP contribution in [0.1, 0.15) is 26.7 Å². The average Bonchev–Trinajstić information content (AvgIpc) is 2.39. The van der Waals surface area contributed by atoms with E-state index in [1.165, 1.54) is 0 Å². The molecule has 3 N–H and O–H groups in total. The molecule has 1 aliphatic heterocycles. The predicted molar refractivity (Wildman–Crippen MR) is 67.6 cm³/mol. The third-order valence-corrected chi connectivity index (χ3v) is 3.58. The molecule has 1 saturated heterocycles. The standard InChI is InChI=1S/C12H25N3O2/c1-3-10(9-16)14-5-7-15(8-6-14)12(17)11(13)4-2/h10-11,16H,3-9,13H2,1-2H3. The van der Waals surface area contributed by atoms with Crippen molar-refractivity contribution in [2.45, 2.75) is 38.8 Å². The van der Waals surface area contributed by atoms with Crippen molar-refractivity contribution >= 4 is 5.91 Å². The molecule has 1 rings (SSSR count). The number of nitrogens with zero attached hydrogens (tertiary/aromatic N) is 2. The summed E-state index contributed by atoms with van der Waals surface area (Å²) >= 11 is 0. The monoisotopic (exact) mass is 243 g/mol. The number of amides is 1. The zero-order valence-electron chi connectivity index (χ0n) is 10.9. The second kappa shape index (κ2) is 6.93. The Labute approximate surface area is 104 Å². The molecule has 0 spiro atoms. The Kier molecular flexibility index (Phi) is 5.88. The normalized spacial score (nSPS) is 21.3. The van der Waals surface area contributed by atoms with Crippen LogP contribution in [0.3, 0.4) is 0 Å². The van der Waals surface area contributed by atoms with Crippen LogP contribution in [0.5, 0.6) is 0 Å². The number of hydrogen-bond donors (Lipinski definition) is 2. The lowest BCUT2D eigenvalue weighted by Crippen LogP contribution is -2.55. The van der Waals surface area contributed by atoms with E-state index in [9.17, 15) is 9.90 Å². The Hall–Kier alpha value is -0.650. The minimum atomic E-state index is -0.360. The molecule has 1 fully saturated rings. The fraction of sp³-hybridized carbons (Fsp3) is 0.917. The van der Waals surface area contributed by atoms with E-state index in [0.29, 0.717) is 6.42 Å². The minimum Gasteiger partial charge on any atom is -0.395 e. The highest BCUT2D eigenvalue weighted by Crippen LogP contribution is 2.10. The molecule has 0 aromatic heterocycles. The van der Waals surface area contributed by atoms with Gasteiger partial charge >= 0.3 is 0 Å². The Bertz CT molecular complexity index is 236. The number of nitrogens with two attached hydrogens (primary N) is 1. The Morgan fingerprint density at radius 3 is 2.24 bits per heavy atom. The maximum absolute atomic E-state index is 11.9. The molecule has 100 valence electrons. The summed E-state index contributed by atoms with van der Waals surface area (Å²) in [5.74, 6) is 0.0594. The van der Waals surface area contributed by atoms with Crippen molar-refractivity contribution in [2.75, 3.05) is 32.8 Å². The summed E-state index contributed by atoms with van der Waals surface area (Å²) in [6.45, 7) is 7.32. The van der Waals surface area contributed by atoms with Crippen LogP contribution < -0.4 is 5.73 Å². The molecule has 0 aliphatic carbocycles. The van der Waals surface area contributed by atoms with Gasteiger partial charge in [-0.1, -0.05) is 13.8 Å². The van der Waals surface area contributed by atoms with Crippen LogP contribution in [-0.4, -0.2) is 65.7 Å². The van der Waals surface area contributed by atoms with Crippen LogP contribution in [0.2, 0.25) is 0 Å². The highest BCUT2D eigenvalue weighted by molar-refractivity contribution is 5.81. The molecular formula is C12H25N3O2. The van der Waals surface area contributed by atoms with Crippen LogP contribution in [0, 0.1) is 0 Å². The van der Waals surface area contributed by atoms with Crippen molar-refractivity contribution < 1.29 is 9.90 Å². The minimum absolute atomic E-state index is 0.0594. The molecule has 0 aromatic carbocycles. The third-order valence-electron chi connectivity index (χ3n) is 3.58. The maximum Gasteiger partial charge on any atom is 0.239 e. The molecular weight excluding hydrogens is 218 g/mol. The lowest BCUT2D eigenvalue weighted by molar-refractivity contribution is -0.134. The molecule has 5 heteroatoms. The first-order valence-corrected chi connectivity index (χ1v) is 6.53. The molecule has 17 heavy (non-hydrogen) atoms. The summed E-state index contributed by atoms with van der Waals surface area (Å²) in [5, 5.41) is 9.24. The molecule has 2 unspecified atom stereocenters. The van der Waals surface area contributed by atoms with Gasteiger partial charge in [-0.25, -0.2) is 0 Å². The van der Waals surface area contributed by atoms with Gasteiger partial charge in [0, 0.05) is 32.2 Å². The number of aliphatic hydroxyl groups excluding tert-OH is 1. The first kappa shape index (κ1) is 14.4. The van der Waals surface area contributed by atoms with Crippen molar-refractivity contribution in [3.8, 4) is 0 Å². The lowest BCUT2D eigenvalue weighted by atomic mass is 10.1. The Balaban J connectivity index is 2.42. The summed E-state index contributed by atoms with van der Waals surface area (Å²) in [4.78, 5) is 16.0. The second-order valence-electron chi connectivity index (χ2n) is 4.62. The van der Waals surface area contributed by atoms with Crippen LogP contribution in [0.4, 0.5) is 0 Å². The van der Waals surface area contributed by atoms with E-state index >= 15 is 0 Å². The lowest BCUT2D eigenvalue weighted by Gasteiger charge is -2.39. The van der Waals surface area contributed by atoms with Crippen molar-refractivity contribution in [3.05, 3.63) is 0 Å². The van der Waals surface area contributed by atoms with Crippen LogP contribution >= 0.6 is 0 Å². The average molecular weight is 243 g/mol. The molecule has 1 amide bonds. The zero-order valence-corrected chi connectivity index (χ0v) is 10.9. The number of aliphatic hydroxyl groups is 1. The predicted octanol–water partition coefficient (Wildman–Crippen LogP) is -0.361. The summed E-state index contributed by atoms with van der Waals surface area (Å²) < 4.78 is 0. The highest BCUT2D eigenvalue weighted by atomic mass is 16.3. The fourth-order valence-corrected chi connectivity index (χ4v) is 2.22. The number of carbonyl (C=O) groups is 1. The van der Waals surface area contributed by atoms with Crippen LogP contribution in [-0.2, 0) is 4.79 Å². The van der Waals surface area contributed by atoms with Gasteiger partial charge in [-0.05, 0) is 12.8 Å². The van der Waals surface area contributed by atoms with E-state index < -0.39 is 0 Å². The van der Waals surface area contributed by atoms with Gasteiger partial charge in [0.15, 0.2) is 0 Å². The Morgan fingerprint density at radius 2 is 1.82 bits per heavy atom. The first-order chi connectivity index (χ1) is 8.13. The van der Waals surface area contributed by atoms with Crippen molar-refractivity contribution in [1.82, 2.24) is 9.80 Å². The number of hydrogen-bond acceptors (Lipinski definition) is 4. The van der Waals surface area contributed by atoms with E-state index in [4.69, 9.17) is 5.73 Å². The van der Waals surface area contributed by atoms with Crippen molar-refractivity contribution in [1.29, 1.82) is 0 Å². The molecule has 0 radical (unpaired) electrons. The van der Waals surface area contributed by atoms with E-state index in [1.807, 2.05) is 11.8 Å².